The van der Waals surface area contributed by atoms with Crippen molar-refractivity contribution in [1.29, 1.82) is 0 Å². The number of esters is 1. The summed E-state index contributed by atoms with van der Waals surface area (Å²) in [6.45, 7) is 3.71. The molecule has 3 aromatic carbocycles. The summed E-state index contributed by atoms with van der Waals surface area (Å²) in [4.78, 5) is 26.0. The smallest absolute Gasteiger partial charge is 0.341 e. The Morgan fingerprint density at radius 1 is 0.967 bits per heavy atom. The summed E-state index contributed by atoms with van der Waals surface area (Å²) in [5.41, 5.74) is 9.33. The van der Waals surface area contributed by atoms with Crippen molar-refractivity contribution in [3.8, 4) is 5.75 Å². The highest BCUT2D eigenvalue weighted by Gasteiger charge is 2.27. The van der Waals surface area contributed by atoms with E-state index in [1.165, 1.54) is 7.11 Å². The lowest BCUT2D eigenvalue weighted by Crippen LogP contribution is -2.26. The minimum Gasteiger partial charge on any atom is -0.495 e. The molecule has 3 rings (SSSR count). The zero-order chi connectivity index (χ0) is 21.7. The van der Waals surface area contributed by atoms with E-state index in [0.717, 1.165) is 11.1 Å². The van der Waals surface area contributed by atoms with Crippen LogP contribution >= 0.6 is 0 Å². The van der Waals surface area contributed by atoms with Crippen LogP contribution in [0.4, 0.5) is 11.4 Å². The Balaban J connectivity index is 1.92. The molecule has 0 aliphatic heterocycles. The SMILES string of the molecule is COc1ccc(C)cc1NC(=O)C(OC(=O)c1cccc(C)c1N)c1ccccc1. The summed E-state index contributed by atoms with van der Waals surface area (Å²) >= 11 is 0. The second-order valence-corrected chi connectivity index (χ2v) is 6.93. The van der Waals surface area contributed by atoms with Gasteiger partial charge in [-0.15, -0.1) is 0 Å². The number of nitrogen functional groups attached to an aromatic ring is 1. The van der Waals surface area contributed by atoms with E-state index in [-0.39, 0.29) is 5.56 Å². The van der Waals surface area contributed by atoms with Gasteiger partial charge in [-0.25, -0.2) is 4.79 Å². The number of methoxy groups -OCH3 is 1. The fourth-order valence-corrected chi connectivity index (χ4v) is 3.05. The number of benzene rings is 3. The molecule has 30 heavy (non-hydrogen) atoms. The number of para-hydroxylation sites is 1. The summed E-state index contributed by atoms with van der Waals surface area (Å²) in [7, 11) is 1.52. The van der Waals surface area contributed by atoms with Gasteiger partial charge in [0, 0.05) is 11.3 Å². The van der Waals surface area contributed by atoms with Crippen molar-refractivity contribution in [2.24, 2.45) is 0 Å². The number of carbonyl (C=O) groups is 2. The molecule has 3 aromatic rings. The van der Waals surface area contributed by atoms with Crippen LogP contribution in [0.1, 0.15) is 33.2 Å². The van der Waals surface area contributed by atoms with Crippen LogP contribution < -0.4 is 15.8 Å². The molecule has 0 saturated heterocycles. The monoisotopic (exact) mass is 404 g/mol. The van der Waals surface area contributed by atoms with E-state index in [0.29, 0.717) is 22.7 Å². The fourth-order valence-electron chi connectivity index (χ4n) is 3.05. The van der Waals surface area contributed by atoms with Gasteiger partial charge in [-0.1, -0.05) is 48.5 Å². The van der Waals surface area contributed by atoms with Gasteiger partial charge in [0.25, 0.3) is 5.91 Å². The molecule has 0 saturated carbocycles. The van der Waals surface area contributed by atoms with Crippen LogP contribution in [0.5, 0.6) is 5.75 Å². The number of anilines is 2. The lowest BCUT2D eigenvalue weighted by atomic mass is 10.1. The minimum absolute atomic E-state index is 0.219. The van der Waals surface area contributed by atoms with Crippen LogP contribution in [0.25, 0.3) is 0 Å². The van der Waals surface area contributed by atoms with Crippen molar-refractivity contribution in [2.75, 3.05) is 18.2 Å². The number of amides is 1. The van der Waals surface area contributed by atoms with E-state index >= 15 is 0 Å². The lowest BCUT2D eigenvalue weighted by molar-refractivity contribution is -0.125. The van der Waals surface area contributed by atoms with E-state index < -0.39 is 18.0 Å². The van der Waals surface area contributed by atoms with E-state index in [2.05, 4.69) is 5.32 Å². The Labute approximate surface area is 175 Å². The second-order valence-electron chi connectivity index (χ2n) is 6.93. The van der Waals surface area contributed by atoms with Crippen LogP contribution in [-0.2, 0) is 9.53 Å². The molecular weight excluding hydrogens is 380 g/mol. The number of hydrogen-bond donors (Lipinski definition) is 2. The van der Waals surface area contributed by atoms with Gasteiger partial charge in [0.1, 0.15) is 5.75 Å². The standard InChI is InChI=1S/C24H24N2O4/c1-15-12-13-20(29-3)19(14-15)26-23(27)22(17-9-5-4-6-10-17)30-24(28)18-11-7-8-16(2)21(18)25/h4-14,22H,25H2,1-3H3,(H,26,27). The summed E-state index contributed by atoms with van der Waals surface area (Å²) in [5.74, 6) is -0.656. The van der Waals surface area contributed by atoms with Gasteiger partial charge in [0.15, 0.2) is 0 Å². The van der Waals surface area contributed by atoms with Crippen molar-refractivity contribution in [1.82, 2.24) is 0 Å². The van der Waals surface area contributed by atoms with Crippen LogP contribution in [0, 0.1) is 13.8 Å². The lowest BCUT2D eigenvalue weighted by Gasteiger charge is -2.20. The van der Waals surface area contributed by atoms with E-state index in [9.17, 15) is 9.59 Å². The van der Waals surface area contributed by atoms with Crippen LogP contribution in [0.15, 0.2) is 66.7 Å². The molecule has 6 heteroatoms. The summed E-state index contributed by atoms with van der Waals surface area (Å²) in [6, 6.07) is 19.4. The molecule has 0 fully saturated rings. The number of nitrogens with one attached hydrogen (secondary N) is 1. The summed E-state index contributed by atoms with van der Waals surface area (Å²) in [6.07, 6.45) is -1.16. The summed E-state index contributed by atoms with van der Waals surface area (Å²) in [5, 5.41) is 2.81. The highest BCUT2D eigenvalue weighted by molar-refractivity contribution is 6.00. The summed E-state index contributed by atoms with van der Waals surface area (Å²) < 4.78 is 11.0. The highest BCUT2D eigenvalue weighted by Crippen LogP contribution is 2.29. The van der Waals surface area contributed by atoms with Crippen LogP contribution in [0.3, 0.4) is 0 Å². The molecule has 0 aromatic heterocycles. The minimum atomic E-state index is -1.16. The largest absolute Gasteiger partial charge is 0.495 e. The number of carbonyl (C=O) groups excluding carboxylic acids is 2. The first-order chi connectivity index (χ1) is 14.4. The molecule has 1 unspecified atom stereocenters. The Morgan fingerprint density at radius 3 is 2.40 bits per heavy atom. The Bertz CT molecular complexity index is 1060. The first-order valence-corrected chi connectivity index (χ1v) is 9.47. The first kappa shape index (κ1) is 20.9. The molecule has 154 valence electrons. The zero-order valence-corrected chi connectivity index (χ0v) is 17.1. The number of ether oxygens (including phenoxy) is 2. The van der Waals surface area contributed by atoms with E-state index in [1.54, 1.807) is 61.5 Å². The van der Waals surface area contributed by atoms with Crippen molar-refractivity contribution in [3.63, 3.8) is 0 Å². The van der Waals surface area contributed by atoms with Crippen LogP contribution in [-0.4, -0.2) is 19.0 Å². The molecular formula is C24H24N2O4. The van der Waals surface area contributed by atoms with Gasteiger partial charge in [0.05, 0.1) is 18.4 Å². The van der Waals surface area contributed by atoms with Gasteiger partial charge >= 0.3 is 5.97 Å². The molecule has 0 spiro atoms. The molecule has 0 aliphatic carbocycles. The number of aryl methyl sites for hydroxylation is 2. The van der Waals surface area contributed by atoms with Gasteiger partial charge < -0.3 is 20.5 Å². The average Bonchev–Trinajstić information content (AvgIpc) is 2.74. The average molecular weight is 404 g/mol. The van der Waals surface area contributed by atoms with Crippen molar-refractivity contribution in [2.45, 2.75) is 20.0 Å². The Hall–Kier alpha value is -3.80. The first-order valence-electron chi connectivity index (χ1n) is 9.47. The van der Waals surface area contributed by atoms with E-state index in [1.807, 2.05) is 19.1 Å². The third-order valence-corrected chi connectivity index (χ3v) is 4.72. The zero-order valence-electron chi connectivity index (χ0n) is 17.1. The predicted octanol–water partition coefficient (Wildman–Crippen LogP) is 4.43. The molecule has 6 nitrogen and oxygen atoms in total. The van der Waals surface area contributed by atoms with E-state index in [4.69, 9.17) is 15.2 Å². The quantitative estimate of drug-likeness (QED) is 0.468. The Kier molecular flexibility index (Phi) is 6.37. The molecule has 1 atom stereocenters. The molecule has 0 aliphatic rings. The second kappa shape index (κ2) is 9.13. The normalized spacial score (nSPS) is 11.4. The van der Waals surface area contributed by atoms with Crippen molar-refractivity contribution < 1.29 is 19.1 Å². The van der Waals surface area contributed by atoms with Crippen molar-refractivity contribution in [3.05, 3.63) is 89.0 Å². The molecule has 0 heterocycles. The third kappa shape index (κ3) is 4.60. The maximum atomic E-state index is 13.1. The maximum absolute atomic E-state index is 13.1. The molecule has 1 amide bonds. The van der Waals surface area contributed by atoms with Gasteiger partial charge in [-0.2, -0.15) is 0 Å². The predicted molar refractivity (Wildman–Crippen MR) is 117 cm³/mol. The highest BCUT2D eigenvalue weighted by atomic mass is 16.5. The molecule has 0 radical (unpaired) electrons. The van der Waals surface area contributed by atoms with Crippen LogP contribution in [0.2, 0.25) is 0 Å². The third-order valence-electron chi connectivity index (χ3n) is 4.72. The van der Waals surface area contributed by atoms with Gasteiger partial charge in [-0.3, -0.25) is 4.79 Å². The van der Waals surface area contributed by atoms with Gasteiger partial charge in [-0.05, 0) is 43.2 Å². The number of nitrogens with two attached hydrogens (primary N) is 1. The number of rotatable bonds is 6. The van der Waals surface area contributed by atoms with Crippen molar-refractivity contribution >= 4 is 23.3 Å². The topological polar surface area (TPSA) is 90.6 Å². The maximum Gasteiger partial charge on any atom is 0.341 e. The molecule has 3 N–H and O–H groups in total. The number of hydrogen-bond acceptors (Lipinski definition) is 5. The van der Waals surface area contributed by atoms with Gasteiger partial charge in [0.2, 0.25) is 6.10 Å². The Morgan fingerprint density at radius 2 is 1.70 bits per heavy atom. The molecule has 0 bridgehead atoms. The fraction of sp³-hybridized carbons (Fsp3) is 0.167.